The van der Waals surface area contributed by atoms with Crippen LogP contribution in [0.1, 0.15) is 5.56 Å². The van der Waals surface area contributed by atoms with Crippen LogP contribution in [0.15, 0.2) is 24.3 Å². The minimum Gasteiger partial charge on any atom is -0.369 e. The summed E-state index contributed by atoms with van der Waals surface area (Å²) in [5.41, 5.74) is -0.0641. The van der Waals surface area contributed by atoms with Gasteiger partial charge in [-0.2, -0.15) is 13.2 Å². The van der Waals surface area contributed by atoms with Gasteiger partial charge in [-0.25, -0.2) is 0 Å². The van der Waals surface area contributed by atoms with E-state index in [2.05, 4.69) is 6.92 Å². The molecule has 1 fully saturated rings. The van der Waals surface area contributed by atoms with Crippen LogP contribution < -0.4 is 4.90 Å². The van der Waals surface area contributed by atoms with Crippen LogP contribution in [0.3, 0.4) is 0 Å². The zero-order valence-electron chi connectivity index (χ0n) is 11.0. The van der Waals surface area contributed by atoms with Gasteiger partial charge in [0.2, 0.25) is 0 Å². The fourth-order valence-corrected chi connectivity index (χ4v) is 2.29. The van der Waals surface area contributed by atoms with Crippen molar-refractivity contribution in [2.45, 2.75) is 6.18 Å². The molecule has 1 aliphatic rings. The van der Waals surface area contributed by atoms with E-state index >= 15 is 0 Å². The summed E-state index contributed by atoms with van der Waals surface area (Å²) in [4.78, 5) is 14.8. The van der Waals surface area contributed by atoms with Gasteiger partial charge >= 0.3 is 6.18 Å². The summed E-state index contributed by atoms with van der Waals surface area (Å²) in [6, 6.07) is 5.34. The van der Waals surface area contributed by atoms with Crippen molar-refractivity contribution in [2.24, 2.45) is 0 Å². The Balaban J connectivity index is 2.02. The summed E-state index contributed by atoms with van der Waals surface area (Å²) in [6.45, 7) is 6.14. The molecule has 0 unspecified atom stereocenters. The van der Waals surface area contributed by atoms with Gasteiger partial charge in [0, 0.05) is 38.8 Å². The molecule has 0 bridgehead atoms. The summed E-state index contributed by atoms with van der Waals surface area (Å²) in [6.07, 6.45) is -4.32. The lowest BCUT2D eigenvalue weighted by molar-refractivity contribution is -0.137. The van der Waals surface area contributed by atoms with E-state index in [1.165, 1.54) is 12.1 Å². The molecule has 3 nitrogen and oxygen atoms in total. The van der Waals surface area contributed by atoms with Crippen LogP contribution in [0, 0.1) is 6.92 Å². The zero-order chi connectivity index (χ0) is 14.8. The molecule has 0 N–H and O–H groups in total. The molecule has 6 heteroatoms. The zero-order valence-corrected chi connectivity index (χ0v) is 11.0. The number of Topliss-reactive ketones (excluding diaryl/α,β-unsaturated/α-hetero) is 1. The highest BCUT2D eigenvalue weighted by molar-refractivity contribution is 5.84. The molecule has 2 rings (SSSR count). The quantitative estimate of drug-likeness (QED) is 0.851. The fraction of sp³-hybridized carbons (Fsp3) is 0.429. The number of carbonyl (C=O) groups excluding carboxylic acids is 1. The number of alkyl halides is 3. The van der Waals surface area contributed by atoms with Crippen LogP contribution >= 0.6 is 0 Å². The molecule has 1 aliphatic heterocycles. The van der Waals surface area contributed by atoms with E-state index in [4.69, 9.17) is 0 Å². The van der Waals surface area contributed by atoms with E-state index in [9.17, 15) is 18.0 Å². The first-order chi connectivity index (χ1) is 9.36. The van der Waals surface area contributed by atoms with E-state index in [1.54, 1.807) is 6.07 Å². The molecule has 0 aliphatic carbocycles. The molecule has 0 atom stereocenters. The van der Waals surface area contributed by atoms with Gasteiger partial charge in [0.1, 0.15) is 5.78 Å². The Morgan fingerprint density at radius 1 is 1.20 bits per heavy atom. The lowest BCUT2D eigenvalue weighted by Crippen LogP contribution is -2.47. The molecular formula is C14H16F3N2O. The Morgan fingerprint density at radius 3 is 2.40 bits per heavy atom. The van der Waals surface area contributed by atoms with Crippen molar-refractivity contribution in [3.63, 3.8) is 0 Å². The molecule has 0 aromatic heterocycles. The molecule has 1 saturated heterocycles. The van der Waals surface area contributed by atoms with Gasteiger partial charge < -0.3 is 4.90 Å². The summed E-state index contributed by atoms with van der Waals surface area (Å²) < 4.78 is 38.0. The van der Waals surface area contributed by atoms with Gasteiger partial charge in [-0.15, -0.1) is 0 Å². The summed E-state index contributed by atoms with van der Waals surface area (Å²) in [5.74, 6) is -0.141. The lowest BCUT2D eigenvalue weighted by Gasteiger charge is -2.35. The van der Waals surface area contributed by atoms with Crippen molar-refractivity contribution >= 4 is 11.5 Å². The number of ketones is 1. The van der Waals surface area contributed by atoms with Crippen LogP contribution in [0.4, 0.5) is 18.9 Å². The van der Waals surface area contributed by atoms with Gasteiger partial charge in [0.15, 0.2) is 0 Å². The second kappa shape index (κ2) is 5.83. The van der Waals surface area contributed by atoms with Gasteiger partial charge in [0.25, 0.3) is 0 Å². The van der Waals surface area contributed by atoms with Gasteiger partial charge in [0.05, 0.1) is 12.1 Å². The van der Waals surface area contributed by atoms with E-state index in [0.29, 0.717) is 38.4 Å². The number of halogens is 3. The van der Waals surface area contributed by atoms with E-state index < -0.39 is 11.7 Å². The van der Waals surface area contributed by atoms with Crippen molar-refractivity contribution in [1.29, 1.82) is 0 Å². The number of benzene rings is 1. The third kappa shape index (κ3) is 3.72. The predicted molar refractivity (Wildman–Crippen MR) is 70.5 cm³/mol. The molecule has 0 amide bonds. The molecule has 1 heterocycles. The Kier molecular flexibility index (Phi) is 4.32. The second-order valence-corrected chi connectivity index (χ2v) is 4.85. The first-order valence-electron chi connectivity index (χ1n) is 6.35. The Hall–Kier alpha value is -1.56. The monoisotopic (exact) mass is 285 g/mol. The molecule has 1 aromatic carbocycles. The maximum Gasteiger partial charge on any atom is 0.416 e. The second-order valence-electron chi connectivity index (χ2n) is 4.85. The van der Waals surface area contributed by atoms with E-state index in [1.807, 2.05) is 9.80 Å². The SMILES string of the molecule is [CH2]C(=O)CN1CCN(c2cccc(C(F)(F)F)c2)CC1. The highest BCUT2D eigenvalue weighted by Crippen LogP contribution is 2.31. The Bertz CT molecular complexity index is 480. The van der Waals surface area contributed by atoms with Gasteiger partial charge in [-0.1, -0.05) is 6.07 Å². The number of piperazine rings is 1. The molecule has 1 aromatic rings. The molecule has 109 valence electrons. The van der Waals surface area contributed by atoms with Crippen molar-refractivity contribution in [2.75, 3.05) is 37.6 Å². The molecule has 1 radical (unpaired) electrons. The topological polar surface area (TPSA) is 23.6 Å². The summed E-state index contributed by atoms with van der Waals surface area (Å²) in [5, 5.41) is 0. The molecular weight excluding hydrogens is 269 g/mol. The third-order valence-electron chi connectivity index (χ3n) is 3.31. The number of anilines is 1. The van der Waals surface area contributed by atoms with Crippen LogP contribution in [0.5, 0.6) is 0 Å². The maximum absolute atomic E-state index is 12.7. The first kappa shape index (κ1) is 14.8. The van der Waals surface area contributed by atoms with Crippen LogP contribution in [-0.2, 0) is 11.0 Å². The third-order valence-corrected chi connectivity index (χ3v) is 3.31. The first-order valence-corrected chi connectivity index (χ1v) is 6.35. The van der Waals surface area contributed by atoms with E-state index in [0.717, 1.165) is 6.07 Å². The van der Waals surface area contributed by atoms with Crippen molar-refractivity contribution in [3.05, 3.63) is 36.8 Å². The average Bonchev–Trinajstić information content (AvgIpc) is 2.38. The van der Waals surface area contributed by atoms with Crippen LogP contribution in [0.2, 0.25) is 0 Å². The Labute approximate surface area is 116 Å². The van der Waals surface area contributed by atoms with E-state index in [-0.39, 0.29) is 5.78 Å². The smallest absolute Gasteiger partial charge is 0.369 e. The number of carbonyl (C=O) groups is 1. The van der Waals surface area contributed by atoms with Crippen LogP contribution in [-0.4, -0.2) is 43.4 Å². The maximum atomic E-state index is 12.7. The van der Waals surface area contributed by atoms with Crippen molar-refractivity contribution in [3.8, 4) is 0 Å². The summed E-state index contributed by atoms with van der Waals surface area (Å²) in [7, 11) is 0. The molecule has 0 saturated carbocycles. The minimum atomic E-state index is -4.32. The number of rotatable bonds is 3. The van der Waals surface area contributed by atoms with Crippen LogP contribution in [0.25, 0.3) is 0 Å². The van der Waals surface area contributed by atoms with Gasteiger partial charge in [-0.3, -0.25) is 9.69 Å². The highest BCUT2D eigenvalue weighted by Gasteiger charge is 2.31. The molecule has 0 spiro atoms. The number of nitrogens with zero attached hydrogens (tertiary/aromatic N) is 2. The average molecular weight is 285 g/mol. The Morgan fingerprint density at radius 2 is 1.85 bits per heavy atom. The standard InChI is InChI=1S/C14H16F3N2O/c1-11(20)10-18-5-7-19(8-6-18)13-4-2-3-12(9-13)14(15,16)17/h2-4,9H,1,5-8,10H2. The normalized spacial score (nSPS) is 17.3. The minimum absolute atomic E-state index is 0.141. The van der Waals surface area contributed by atoms with Crippen molar-refractivity contribution in [1.82, 2.24) is 4.90 Å². The highest BCUT2D eigenvalue weighted by atomic mass is 19.4. The van der Waals surface area contributed by atoms with Gasteiger partial charge in [-0.05, 0) is 18.2 Å². The summed E-state index contributed by atoms with van der Waals surface area (Å²) >= 11 is 0. The van der Waals surface area contributed by atoms with Crippen molar-refractivity contribution < 1.29 is 18.0 Å². The molecule has 20 heavy (non-hydrogen) atoms. The largest absolute Gasteiger partial charge is 0.416 e. The number of hydrogen-bond donors (Lipinski definition) is 0. The predicted octanol–water partition coefficient (Wildman–Crippen LogP) is 2.23. The lowest BCUT2D eigenvalue weighted by atomic mass is 10.1. The number of hydrogen-bond acceptors (Lipinski definition) is 3. The fourth-order valence-electron chi connectivity index (χ4n) is 2.29.